The first-order chi connectivity index (χ1) is 19.7. The first kappa shape index (κ1) is 29.8. The molecule has 2 saturated carbocycles. The van der Waals surface area contributed by atoms with Crippen LogP contribution in [-0.2, 0) is 4.79 Å². The largest absolute Gasteiger partial charge is 0.392 e. The quantitative estimate of drug-likeness (QED) is 0.328. The second kappa shape index (κ2) is 11.2. The second-order valence-corrected chi connectivity index (χ2v) is 11.5. The Morgan fingerprint density at radius 2 is 1.71 bits per heavy atom. The van der Waals surface area contributed by atoms with Gasteiger partial charge in [0.15, 0.2) is 11.3 Å². The molecular weight excluding hydrogens is 565 g/mol. The summed E-state index contributed by atoms with van der Waals surface area (Å²) >= 11 is 0. The van der Waals surface area contributed by atoms with Crippen molar-refractivity contribution < 1.29 is 36.2 Å². The summed E-state index contributed by atoms with van der Waals surface area (Å²) in [6.07, 6.45) is -0.0961. The van der Waals surface area contributed by atoms with E-state index in [0.717, 1.165) is 19.8 Å². The first-order valence-corrected chi connectivity index (χ1v) is 13.9. The summed E-state index contributed by atoms with van der Waals surface area (Å²) in [7, 11) is 0. The van der Waals surface area contributed by atoms with Gasteiger partial charge in [0.1, 0.15) is 5.69 Å². The molecule has 3 aromatic heterocycles. The van der Waals surface area contributed by atoms with Crippen LogP contribution in [0.15, 0.2) is 23.1 Å². The molecule has 2 fully saturated rings. The fourth-order valence-electron chi connectivity index (χ4n) is 5.40. The lowest BCUT2D eigenvalue weighted by Gasteiger charge is -2.33. The number of amides is 2. The number of nitrogens with one attached hydrogen (secondary N) is 2. The zero-order valence-corrected chi connectivity index (χ0v) is 23.3. The number of alkyl halides is 5. The second-order valence-electron chi connectivity index (χ2n) is 11.5. The van der Waals surface area contributed by atoms with Gasteiger partial charge < -0.3 is 10.6 Å². The van der Waals surface area contributed by atoms with Gasteiger partial charge in [0.2, 0.25) is 11.8 Å². The van der Waals surface area contributed by atoms with Crippen molar-refractivity contribution in [2.24, 2.45) is 23.7 Å². The Balaban J connectivity index is 1.41. The van der Waals surface area contributed by atoms with Crippen LogP contribution in [0.2, 0.25) is 0 Å². The molecule has 0 bridgehead atoms. The fourth-order valence-corrected chi connectivity index (χ4v) is 5.40. The Morgan fingerprint density at radius 1 is 1.05 bits per heavy atom. The zero-order chi connectivity index (χ0) is 30.4. The van der Waals surface area contributed by atoms with E-state index in [1.54, 1.807) is 19.2 Å². The smallest absolute Gasteiger partial charge is 0.349 e. The van der Waals surface area contributed by atoms with Crippen LogP contribution >= 0.6 is 0 Å². The minimum absolute atomic E-state index is 0.0256. The zero-order valence-electron chi connectivity index (χ0n) is 23.3. The summed E-state index contributed by atoms with van der Waals surface area (Å²) in [5, 5.41) is 17.3. The maximum absolute atomic E-state index is 13.9. The van der Waals surface area contributed by atoms with Gasteiger partial charge in [-0.05, 0) is 61.2 Å². The van der Waals surface area contributed by atoms with E-state index in [1.807, 2.05) is 0 Å². The third-order valence-electron chi connectivity index (χ3n) is 8.50. The molecule has 15 heteroatoms. The van der Waals surface area contributed by atoms with Gasteiger partial charge in [-0.2, -0.15) is 18.3 Å². The van der Waals surface area contributed by atoms with E-state index in [9.17, 15) is 31.5 Å². The van der Waals surface area contributed by atoms with E-state index in [4.69, 9.17) is 0 Å². The normalized spacial score (nSPS) is 20.6. The Hall–Kier alpha value is -3.65. The molecule has 3 aromatic rings. The third kappa shape index (κ3) is 6.38. The molecule has 0 unspecified atom stereocenters. The van der Waals surface area contributed by atoms with Crippen LogP contribution in [0.1, 0.15) is 91.9 Å². The lowest BCUT2D eigenvalue weighted by atomic mass is 9.81. The van der Waals surface area contributed by atoms with E-state index in [0.29, 0.717) is 16.9 Å². The lowest BCUT2D eigenvalue weighted by molar-refractivity contribution is -0.185. The SMILES string of the molecule is Cc1nonc1C(=O)N[C@H](c1cn2ncc([C@H](NC(=O)[C@H](C)[C@@H](C)C(F)(F)F)C3CC3)cc2n1)C1CCC(F)(F)CC1. The molecular formula is C27H32F5N7O3. The predicted molar refractivity (Wildman–Crippen MR) is 137 cm³/mol. The highest BCUT2D eigenvalue weighted by Crippen LogP contribution is 2.43. The van der Waals surface area contributed by atoms with E-state index < -0.39 is 47.8 Å². The number of aryl methyl sites for hydroxylation is 1. The van der Waals surface area contributed by atoms with Crippen molar-refractivity contribution in [1.82, 2.24) is 35.5 Å². The molecule has 2 N–H and O–H groups in total. The van der Waals surface area contributed by atoms with Crippen LogP contribution < -0.4 is 10.6 Å². The summed E-state index contributed by atoms with van der Waals surface area (Å²) in [5.74, 6) is -7.43. The summed E-state index contributed by atoms with van der Waals surface area (Å²) < 4.78 is 73.6. The van der Waals surface area contributed by atoms with Crippen molar-refractivity contribution in [3.8, 4) is 0 Å². The van der Waals surface area contributed by atoms with Crippen LogP contribution in [0, 0.1) is 30.6 Å². The molecule has 3 heterocycles. The van der Waals surface area contributed by atoms with Gasteiger partial charge in [-0.25, -0.2) is 22.9 Å². The summed E-state index contributed by atoms with van der Waals surface area (Å²) in [6, 6.07) is 0.410. The monoisotopic (exact) mass is 597 g/mol. The number of hydrogen-bond donors (Lipinski definition) is 2. The van der Waals surface area contributed by atoms with Crippen molar-refractivity contribution in [2.75, 3.05) is 0 Å². The summed E-state index contributed by atoms with van der Waals surface area (Å²) in [4.78, 5) is 30.4. The summed E-state index contributed by atoms with van der Waals surface area (Å²) in [6.45, 7) is 3.79. The van der Waals surface area contributed by atoms with Crippen LogP contribution in [0.25, 0.3) is 5.65 Å². The van der Waals surface area contributed by atoms with Crippen molar-refractivity contribution in [2.45, 2.75) is 83.5 Å². The van der Waals surface area contributed by atoms with Gasteiger partial charge in [0, 0.05) is 18.8 Å². The number of carbonyl (C=O) groups is 2. The molecule has 2 amide bonds. The van der Waals surface area contributed by atoms with E-state index in [-0.39, 0.29) is 48.9 Å². The van der Waals surface area contributed by atoms with E-state index in [1.165, 1.54) is 17.6 Å². The molecule has 0 aromatic carbocycles. The number of halogens is 5. The summed E-state index contributed by atoms with van der Waals surface area (Å²) in [5.41, 5.74) is 1.61. The highest BCUT2D eigenvalue weighted by molar-refractivity contribution is 5.93. The maximum atomic E-state index is 13.9. The molecule has 228 valence electrons. The molecule has 0 radical (unpaired) electrons. The molecule has 2 aliphatic carbocycles. The average Bonchev–Trinajstić information content (AvgIpc) is 3.54. The van der Waals surface area contributed by atoms with Crippen LogP contribution in [0.4, 0.5) is 22.0 Å². The number of hydrogen-bond acceptors (Lipinski definition) is 7. The van der Waals surface area contributed by atoms with Crippen molar-refractivity contribution >= 4 is 17.5 Å². The Bertz CT molecular complexity index is 1440. The number of aromatic nitrogens is 5. The predicted octanol–water partition coefficient (Wildman–Crippen LogP) is 5.12. The van der Waals surface area contributed by atoms with Gasteiger partial charge in [0.25, 0.3) is 5.91 Å². The van der Waals surface area contributed by atoms with Gasteiger partial charge in [-0.1, -0.05) is 19.0 Å². The molecule has 2 aliphatic rings. The molecule has 0 saturated heterocycles. The number of fused-ring (bicyclic) bond motifs is 1. The Kier molecular flexibility index (Phi) is 7.96. The molecule has 0 spiro atoms. The number of carbonyl (C=O) groups excluding carboxylic acids is 2. The molecule has 4 atom stereocenters. The van der Waals surface area contributed by atoms with E-state index >= 15 is 0 Å². The van der Waals surface area contributed by atoms with Gasteiger partial charge >= 0.3 is 6.18 Å². The Morgan fingerprint density at radius 3 is 2.31 bits per heavy atom. The number of nitrogens with zero attached hydrogens (tertiary/aromatic N) is 5. The van der Waals surface area contributed by atoms with Crippen molar-refractivity contribution in [3.05, 3.63) is 41.1 Å². The van der Waals surface area contributed by atoms with Gasteiger partial charge in [0.05, 0.1) is 36.1 Å². The van der Waals surface area contributed by atoms with Crippen molar-refractivity contribution in [1.29, 1.82) is 0 Å². The minimum atomic E-state index is -4.50. The highest BCUT2D eigenvalue weighted by atomic mass is 19.4. The number of imidazole rings is 1. The highest BCUT2D eigenvalue weighted by Gasteiger charge is 2.44. The third-order valence-corrected chi connectivity index (χ3v) is 8.50. The van der Waals surface area contributed by atoms with Crippen LogP contribution in [0.3, 0.4) is 0 Å². The van der Waals surface area contributed by atoms with E-state index in [2.05, 4.69) is 35.7 Å². The van der Waals surface area contributed by atoms with Gasteiger partial charge in [-0.15, -0.1) is 0 Å². The lowest BCUT2D eigenvalue weighted by Crippen LogP contribution is -2.40. The fraction of sp³-hybridized carbons (Fsp3) is 0.630. The van der Waals surface area contributed by atoms with Crippen LogP contribution in [0.5, 0.6) is 0 Å². The standard InChI is InChI=1S/C27H32F5N7O3/c1-13(14(2)27(30,31)32)24(40)35-22(16-4-5-16)18-10-20-34-19(12-39(20)33-11-18)23(17-6-8-26(28,29)9-7-17)36-25(41)21-15(3)37-42-38-21/h10-14,16-17,22-23H,4-9H2,1-3H3,(H,35,40)(H,36,41)/t13-,14-,22-,23+/m1/s1. The van der Waals surface area contributed by atoms with Gasteiger partial charge in [-0.3, -0.25) is 9.59 Å². The number of rotatable bonds is 9. The molecule has 0 aliphatic heterocycles. The van der Waals surface area contributed by atoms with Crippen molar-refractivity contribution in [3.63, 3.8) is 0 Å². The Labute approximate surface area is 237 Å². The minimum Gasteiger partial charge on any atom is -0.349 e. The molecule has 5 rings (SSSR count). The molecule has 42 heavy (non-hydrogen) atoms. The molecule has 10 nitrogen and oxygen atoms in total. The maximum Gasteiger partial charge on any atom is 0.392 e. The topological polar surface area (TPSA) is 127 Å². The average molecular weight is 598 g/mol. The van der Waals surface area contributed by atoms with Crippen LogP contribution in [-0.4, -0.2) is 48.8 Å². The first-order valence-electron chi connectivity index (χ1n) is 13.9.